The Balaban J connectivity index is 1.91. The number of rotatable bonds is 5. The van der Waals surface area contributed by atoms with Crippen LogP contribution >= 0.6 is 0 Å². The van der Waals surface area contributed by atoms with Crippen molar-refractivity contribution in [2.75, 3.05) is 19.8 Å². The van der Waals surface area contributed by atoms with E-state index in [0.29, 0.717) is 11.8 Å². The van der Waals surface area contributed by atoms with Gasteiger partial charge >= 0.3 is 0 Å². The number of ether oxygens (including phenoxy) is 1. The molecule has 0 spiro atoms. The number of fused-ring (bicyclic) bond motifs is 1. The Kier molecular flexibility index (Phi) is 3.80. The summed E-state index contributed by atoms with van der Waals surface area (Å²) >= 11 is 0. The molecule has 2 N–H and O–H groups in total. The molecule has 1 unspecified atom stereocenters. The minimum Gasteiger partial charge on any atom is -0.508 e. The molecule has 0 saturated carbocycles. The predicted octanol–water partition coefficient (Wildman–Crippen LogP) is 2.01. The summed E-state index contributed by atoms with van der Waals surface area (Å²) in [6.45, 7) is 4.43. The fourth-order valence-corrected chi connectivity index (χ4v) is 2.27. The summed E-state index contributed by atoms with van der Waals surface area (Å²) in [6.07, 6.45) is 2.17. The largest absolute Gasteiger partial charge is 0.508 e. The van der Waals surface area contributed by atoms with Crippen molar-refractivity contribution in [1.82, 2.24) is 5.32 Å². The molecule has 0 aliphatic heterocycles. The number of hydrogen-bond donors (Lipinski definition) is 2. The molecule has 0 bridgehead atoms. The van der Waals surface area contributed by atoms with E-state index in [9.17, 15) is 5.11 Å². The van der Waals surface area contributed by atoms with Crippen molar-refractivity contribution >= 4 is 0 Å². The lowest BCUT2D eigenvalue weighted by molar-refractivity contribution is 0.147. The van der Waals surface area contributed by atoms with Gasteiger partial charge in [0.25, 0.3) is 0 Å². The number of aryl methyl sites for hydroxylation is 1. The first kappa shape index (κ1) is 11.4. The number of hydrogen-bond acceptors (Lipinski definition) is 3. The van der Waals surface area contributed by atoms with Gasteiger partial charge in [-0.2, -0.15) is 0 Å². The van der Waals surface area contributed by atoms with Crippen LogP contribution in [0.4, 0.5) is 0 Å². The molecule has 1 aromatic carbocycles. The van der Waals surface area contributed by atoms with Crippen LogP contribution < -0.4 is 5.32 Å². The summed E-state index contributed by atoms with van der Waals surface area (Å²) in [5.41, 5.74) is 2.60. The van der Waals surface area contributed by atoms with Crippen LogP contribution in [0.1, 0.15) is 30.5 Å². The van der Waals surface area contributed by atoms with Crippen molar-refractivity contribution in [2.24, 2.45) is 0 Å². The molecule has 0 amide bonds. The van der Waals surface area contributed by atoms with E-state index in [4.69, 9.17) is 4.74 Å². The molecule has 88 valence electrons. The highest BCUT2D eigenvalue weighted by Gasteiger charge is 2.21. The van der Waals surface area contributed by atoms with Crippen LogP contribution in [0.2, 0.25) is 0 Å². The molecule has 0 radical (unpaired) electrons. The molecule has 1 aliphatic carbocycles. The van der Waals surface area contributed by atoms with E-state index in [2.05, 4.69) is 5.32 Å². The SMILES string of the molecule is CCOCCNC1CCc2cc(O)ccc21. The van der Waals surface area contributed by atoms with E-state index in [0.717, 1.165) is 32.6 Å². The molecule has 16 heavy (non-hydrogen) atoms. The second-order valence-electron chi connectivity index (χ2n) is 4.13. The molecule has 1 aliphatic rings. The first-order valence-electron chi connectivity index (χ1n) is 5.94. The van der Waals surface area contributed by atoms with Crippen LogP contribution in [0.15, 0.2) is 18.2 Å². The van der Waals surface area contributed by atoms with Crippen molar-refractivity contribution in [3.8, 4) is 5.75 Å². The van der Waals surface area contributed by atoms with Gasteiger partial charge in [-0.05, 0) is 43.0 Å². The average Bonchev–Trinajstić information content (AvgIpc) is 2.67. The summed E-state index contributed by atoms with van der Waals surface area (Å²) in [6, 6.07) is 6.09. The smallest absolute Gasteiger partial charge is 0.115 e. The molecule has 0 aromatic heterocycles. The highest BCUT2D eigenvalue weighted by atomic mass is 16.5. The third-order valence-electron chi connectivity index (χ3n) is 3.05. The second-order valence-corrected chi connectivity index (χ2v) is 4.13. The first-order chi connectivity index (χ1) is 7.81. The third kappa shape index (κ3) is 2.54. The Morgan fingerprint density at radius 2 is 2.38 bits per heavy atom. The number of phenols is 1. The van der Waals surface area contributed by atoms with Crippen LogP contribution in [0.3, 0.4) is 0 Å². The lowest BCUT2D eigenvalue weighted by atomic mass is 10.1. The molecule has 3 nitrogen and oxygen atoms in total. The van der Waals surface area contributed by atoms with Gasteiger partial charge in [0.05, 0.1) is 6.61 Å². The van der Waals surface area contributed by atoms with Gasteiger partial charge in [0.1, 0.15) is 5.75 Å². The Morgan fingerprint density at radius 3 is 3.19 bits per heavy atom. The minimum atomic E-state index is 0.369. The van der Waals surface area contributed by atoms with E-state index in [1.807, 2.05) is 19.1 Å². The van der Waals surface area contributed by atoms with Crippen molar-refractivity contribution < 1.29 is 9.84 Å². The lowest BCUT2D eigenvalue weighted by Crippen LogP contribution is -2.23. The summed E-state index contributed by atoms with van der Waals surface area (Å²) in [5.74, 6) is 0.369. The van der Waals surface area contributed by atoms with E-state index in [-0.39, 0.29) is 0 Å². The van der Waals surface area contributed by atoms with Gasteiger partial charge in [0.15, 0.2) is 0 Å². The summed E-state index contributed by atoms with van der Waals surface area (Å²) in [5, 5.41) is 12.9. The monoisotopic (exact) mass is 221 g/mol. The molecule has 3 heteroatoms. The summed E-state index contributed by atoms with van der Waals surface area (Å²) in [4.78, 5) is 0. The van der Waals surface area contributed by atoms with Gasteiger partial charge in [0.2, 0.25) is 0 Å². The lowest BCUT2D eigenvalue weighted by Gasteiger charge is -2.13. The van der Waals surface area contributed by atoms with Crippen LogP contribution in [-0.2, 0) is 11.2 Å². The van der Waals surface area contributed by atoms with Gasteiger partial charge in [-0.1, -0.05) is 6.07 Å². The zero-order valence-corrected chi connectivity index (χ0v) is 9.70. The Bertz CT molecular complexity index is 352. The standard InChI is InChI=1S/C13H19NO2/c1-2-16-8-7-14-13-6-3-10-9-11(15)4-5-12(10)13/h4-5,9,13-15H,2-3,6-8H2,1H3. The molecule has 0 saturated heterocycles. The number of nitrogens with one attached hydrogen (secondary N) is 1. The highest BCUT2D eigenvalue weighted by molar-refractivity contribution is 5.39. The topological polar surface area (TPSA) is 41.5 Å². The second kappa shape index (κ2) is 5.32. The van der Waals surface area contributed by atoms with Crippen LogP contribution in [0.5, 0.6) is 5.75 Å². The van der Waals surface area contributed by atoms with Crippen LogP contribution in [0.25, 0.3) is 0 Å². The molecule has 2 rings (SSSR count). The normalized spacial score (nSPS) is 18.7. The van der Waals surface area contributed by atoms with E-state index < -0.39 is 0 Å². The zero-order valence-electron chi connectivity index (χ0n) is 9.70. The quantitative estimate of drug-likeness (QED) is 0.747. The van der Waals surface area contributed by atoms with Gasteiger partial charge in [-0.25, -0.2) is 0 Å². The predicted molar refractivity (Wildman–Crippen MR) is 63.7 cm³/mol. The van der Waals surface area contributed by atoms with Crippen molar-refractivity contribution in [3.05, 3.63) is 29.3 Å². The number of benzene rings is 1. The highest BCUT2D eigenvalue weighted by Crippen LogP contribution is 2.32. The van der Waals surface area contributed by atoms with Gasteiger partial charge in [-0.3, -0.25) is 0 Å². The van der Waals surface area contributed by atoms with E-state index >= 15 is 0 Å². The summed E-state index contributed by atoms with van der Waals surface area (Å²) < 4.78 is 5.30. The van der Waals surface area contributed by atoms with Crippen molar-refractivity contribution in [2.45, 2.75) is 25.8 Å². The average molecular weight is 221 g/mol. The fraction of sp³-hybridized carbons (Fsp3) is 0.538. The maximum absolute atomic E-state index is 9.39. The summed E-state index contributed by atoms with van der Waals surface area (Å²) in [7, 11) is 0. The van der Waals surface area contributed by atoms with E-state index in [1.54, 1.807) is 6.07 Å². The molecular weight excluding hydrogens is 202 g/mol. The van der Waals surface area contributed by atoms with E-state index in [1.165, 1.54) is 11.1 Å². The number of aromatic hydroxyl groups is 1. The minimum absolute atomic E-state index is 0.369. The molecular formula is C13H19NO2. The van der Waals surface area contributed by atoms with Gasteiger partial charge in [0, 0.05) is 19.2 Å². The van der Waals surface area contributed by atoms with Crippen LogP contribution in [-0.4, -0.2) is 24.9 Å². The maximum atomic E-state index is 9.39. The Hall–Kier alpha value is -1.06. The maximum Gasteiger partial charge on any atom is 0.115 e. The fourth-order valence-electron chi connectivity index (χ4n) is 2.27. The van der Waals surface area contributed by atoms with Crippen molar-refractivity contribution in [1.29, 1.82) is 0 Å². The Morgan fingerprint density at radius 1 is 1.50 bits per heavy atom. The number of phenolic OH excluding ortho intramolecular Hbond substituents is 1. The van der Waals surface area contributed by atoms with Crippen molar-refractivity contribution in [3.63, 3.8) is 0 Å². The Labute approximate surface area is 96.4 Å². The molecule has 0 fully saturated rings. The first-order valence-corrected chi connectivity index (χ1v) is 5.94. The van der Waals surface area contributed by atoms with Gasteiger partial charge < -0.3 is 15.2 Å². The zero-order chi connectivity index (χ0) is 11.4. The molecule has 0 heterocycles. The molecule has 1 atom stereocenters. The molecule has 1 aromatic rings. The van der Waals surface area contributed by atoms with Gasteiger partial charge in [-0.15, -0.1) is 0 Å². The third-order valence-corrected chi connectivity index (χ3v) is 3.05. The van der Waals surface area contributed by atoms with Crippen LogP contribution in [0, 0.1) is 0 Å².